The number of pyridine rings is 2. The van der Waals surface area contributed by atoms with Crippen LogP contribution in [0.15, 0.2) is 43.4 Å². The molecule has 39 heavy (non-hydrogen) atoms. The molecule has 2 N–H and O–H groups in total. The minimum Gasteiger partial charge on any atom is -0.476 e. The number of likely N-dealkylation sites (N-methyl/N-ethyl adjacent to an activating group) is 2. The van der Waals surface area contributed by atoms with Crippen molar-refractivity contribution in [1.82, 2.24) is 29.8 Å². The van der Waals surface area contributed by atoms with Crippen molar-refractivity contribution in [2.45, 2.75) is 26.2 Å². The number of hydrogen-bond acceptors (Lipinski definition) is 11. The minimum atomic E-state index is -0.347. The van der Waals surface area contributed by atoms with Crippen LogP contribution >= 0.6 is 0 Å². The highest BCUT2D eigenvalue weighted by Crippen LogP contribution is 2.42. The number of carbonyl (C=O) groups excluding carboxylic acids is 1. The van der Waals surface area contributed by atoms with E-state index in [4.69, 9.17) is 14.7 Å². The minimum absolute atomic E-state index is 0.157. The van der Waals surface area contributed by atoms with Gasteiger partial charge >= 0.3 is 0 Å². The van der Waals surface area contributed by atoms with Crippen molar-refractivity contribution < 1.29 is 9.53 Å². The van der Waals surface area contributed by atoms with E-state index in [0.717, 1.165) is 17.9 Å². The summed E-state index contributed by atoms with van der Waals surface area (Å²) in [4.78, 5) is 41.2. The average Bonchev–Trinajstić information content (AvgIpc) is 3.19. The zero-order valence-corrected chi connectivity index (χ0v) is 23.4. The summed E-state index contributed by atoms with van der Waals surface area (Å²) in [6.45, 7) is 12.3. The van der Waals surface area contributed by atoms with Crippen LogP contribution in [0.4, 0.5) is 34.8 Å². The zero-order chi connectivity index (χ0) is 28.2. The maximum absolute atomic E-state index is 12.3. The van der Waals surface area contributed by atoms with E-state index >= 15 is 0 Å². The molecule has 4 heterocycles. The SMILES string of the molecule is C=CC(=O)Nc1cc(Nc2ncnc(N3CC(C)(C)c4ncccc43)n2)c(OCC)nc1N(C)CCN(C)C. The van der Waals surface area contributed by atoms with Gasteiger partial charge in [-0.05, 0) is 45.3 Å². The summed E-state index contributed by atoms with van der Waals surface area (Å²) >= 11 is 0. The Balaban J connectivity index is 1.69. The number of anilines is 6. The molecule has 0 saturated carbocycles. The molecule has 0 radical (unpaired) electrons. The summed E-state index contributed by atoms with van der Waals surface area (Å²) in [5.74, 6) is 1.40. The highest BCUT2D eigenvalue weighted by Gasteiger charge is 2.38. The predicted octanol–water partition coefficient (Wildman–Crippen LogP) is 3.36. The van der Waals surface area contributed by atoms with Gasteiger partial charge in [-0.2, -0.15) is 9.97 Å². The number of ether oxygens (including phenoxy) is 1. The van der Waals surface area contributed by atoms with Crippen LogP contribution in [-0.2, 0) is 10.2 Å². The molecule has 12 nitrogen and oxygen atoms in total. The summed E-state index contributed by atoms with van der Waals surface area (Å²) < 4.78 is 5.88. The van der Waals surface area contributed by atoms with Crippen molar-refractivity contribution in [3.8, 4) is 5.88 Å². The second-order valence-electron chi connectivity index (χ2n) is 10.1. The van der Waals surface area contributed by atoms with E-state index in [1.165, 1.54) is 12.4 Å². The highest BCUT2D eigenvalue weighted by atomic mass is 16.5. The number of aromatic nitrogens is 5. The molecule has 0 aliphatic carbocycles. The molecule has 1 aliphatic rings. The molecule has 4 rings (SSSR count). The summed E-state index contributed by atoms with van der Waals surface area (Å²) in [5, 5.41) is 6.08. The van der Waals surface area contributed by atoms with Crippen molar-refractivity contribution in [1.29, 1.82) is 0 Å². The van der Waals surface area contributed by atoms with Crippen molar-refractivity contribution >= 4 is 40.7 Å². The Morgan fingerprint density at radius 3 is 2.69 bits per heavy atom. The van der Waals surface area contributed by atoms with Crippen molar-refractivity contribution in [3.05, 3.63) is 49.1 Å². The van der Waals surface area contributed by atoms with E-state index in [9.17, 15) is 4.79 Å². The molecular formula is C27H36N10O2. The maximum atomic E-state index is 12.3. The van der Waals surface area contributed by atoms with Crippen LogP contribution in [0.2, 0.25) is 0 Å². The Morgan fingerprint density at radius 2 is 1.97 bits per heavy atom. The first-order chi connectivity index (χ1) is 18.6. The molecule has 0 atom stereocenters. The maximum Gasteiger partial charge on any atom is 0.247 e. The van der Waals surface area contributed by atoms with Gasteiger partial charge in [-0.25, -0.2) is 9.97 Å². The normalized spacial score (nSPS) is 13.7. The predicted molar refractivity (Wildman–Crippen MR) is 153 cm³/mol. The lowest BCUT2D eigenvalue weighted by Gasteiger charge is -2.25. The third kappa shape index (κ3) is 6.23. The van der Waals surface area contributed by atoms with Crippen LogP contribution in [-0.4, -0.2) is 83.1 Å². The number of fused-ring (bicyclic) bond motifs is 1. The van der Waals surface area contributed by atoms with E-state index in [1.807, 2.05) is 50.0 Å². The molecule has 0 fully saturated rings. The van der Waals surface area contributed by atoms with E-state index in [1.54, 1.807) is 12.3 Å². The Kier molecular flexibility index (Phi) is 8.24. The van der Waals surface area contributed by atoms with Crippen LogP contribution in [0.5, 0.6) is 5.88 Å². The Labute approximate surface area is 229 Å². The average molecular weight is 533 g/mol. The molecule has 1 aliphatic heterocycles. The second kappa shape index (κ2) is 11.6. The lowest BCUT2D eigenvalue weighted by atomic mass is 9.91. The molecule has 12 heteroatoms. The number of carbonyl (C=O) groups is 1. The van der Waals surface area contributed by atoms with E-state index < -0.39 is 0 Å². The first-order valence-electron chi connectivity index (χ1n) is 12.8. The van der Waals surface area contributed by atoms with Gasteiger partial charge in [-0.3, -0.25) is 9.78 Å². The fourth-order valence-electron chi connectivity index (χ4n) is 4.31. The molecule has 0 saturated heterocycles. The van der Waals surface area contributed by atoms with Gasteiger partial charge in [0.1, 0.15) is 12.0 Å². The first-order valence-corrected chi connectivity index (χ1v) is 12.8. The first kappa shape index (κ1) is 27.7. The lowest BCUT2D eigenvalue weighted by molar-refractivity contribution is -0.111. The van der Waals surface area contributed by atoms with Crippen LogP contribution in [0, 0.1) is 0 Å². The Hall–Kier alpha value is -4.32. The van der Waals surface area contributed by atoms with Gasteiger partial charge < -0.3 is 30.1 Å². The summed E-state index contributed by atoms with van der Waals surface area (Å²) in [7, 11) is 5.92. The van der Waals surface area contributed by atoms with E-state index in [2.05, 4.69) is 50.9 Å². The quantitative estimate of drug-likeness (QED) is 0.353. The molecule has 3 aromatic heterocycles. The smallest absolute Gasteiger partial charge is 0.247 e. The number of nitrogens with zero attached hydrogens (tertiary/aromatic N) is 8. The Bertz CT molecular complexity index is 1340. The number of nitrogens with one attached hydrogen (secondary N) is 2. The zero-order valence-electron chi connectivity index (χ0n) is 23.4. The summed E-state index contributed by atoms with van der Waals surface area (Å²) in [6.07, 6.45) is 4.48. The Morgan fingerprint density at radius 1 is 1.18 bits per heavy atom. The number of amides is 1. The molecular weight excluding hydrogens is 496 g/mol. The van der Waals surface area contributed by atoms with Crippen molar-refractivity contribution in [3.63, 3.8) is 0 Å². The van der Waals surface area contributed by atoms with Crippen molar-refractivity contribution in [2.75, 3.05) is 67.8 Å². The third-order valence-electron chi connectivity index (χ3n) is 6.25. The van der Waals surface area contributed by atoms with E-state index in [-0.39, 0.29) is 11.3 Å². The summed E-state index contributed by atoms with van der Waals surface area (Å²) in [6, 6.07) is 5.69. The second-order valence-corrected chi connectivity index (χ2v) is 10.1. The molecule has 0 aromatic carbocycles. The molecule has 0 bridgehead atoms. The van der Waals surface area contributed by atoms with Gasteiger partial charge in [0.05, 0.1) is 23.7 Å². The largest absolute Gasteiger partial charge is 0.476 e. The van der Waals surface area contributed by atoms with E-state index in [0.29, 0.717) is 54.7 Å². The number of rotatable bonds is 11. The van der Waals surface area contributed by atoms with Gasteiger partial charge in [-0.15, -0.1) is 0 Å². The number of hydrogen-bond donors (Lipinski definition) is 2. The molecule has 0 unspecified atom stereocenters. The van der Waals surface area contributed by atoms with Crippen LogP contribution in [0.25, 0.3) is 0 Å². The van der Waals surface area contributed by atoms with Gasteiger partial charge in [0.2, 0.25) is 23.7 Å². The molecule has 1 amide bonds. The van der Waals surface area contributed by atoms with Gasteiger partial charge in [0.25, 0.3) is 0 Å². The van der Waals surface area contributed by atoms with Crippen LogP contribution < -0.4 is 25.2 Å². The van der Waals surface area contributed by atoms with Gasteiger partial charge in [0.15, 0.2) is 5.82 Å². The molecule has 3 aromatic rings. The monoisotopic (exact) mass is 532 g/mol. The van der Waals surface area contributed by atoms with Crippen LogP contribution in [0.1, 0.15) is 26.5 Å². The summed E-state index contributed by atoms with van der Waals surface area (Å²) in [5.41, 5.74) is 2.81. The fourth-order valence-corrected chi connectivity index (χ4v) is 4.31. The fraction of sp³-hybridized carbons (Fsp3) is 0.407. The van der Waals surface area contributed by atoms with Crippen LogP contribution in [0.3, 0.4) is 0 Å². The van der Waals surface area contributed by atoms with Gasteiger partial charge in [0, 0.05) is 38.3 Å². The van der Waals surface area contributed by atoms with Gasteiger partial charge in [-0.1, -0.05) is 20.4 Å². The molecule has 0 spiro atoms. The lowest BCUT2D eigenvalue weighted by Crippen LogP contribution is -2.30. The van der Waals surface area contributed by atoms with Crippen molar-refractivity contribution in [2.24, 2.45) is 0 Å². The topological polar surface area (TPSA) is 125 Å². The molecule has 206 valence electrons. The third-order valence-corrected chi connectivity index (χ3v) is 6.25. The standard InChI is InChI=1S/C27H36N10O2/c1-8-21(38)31-18-15-19(24(39-9-2)33-23(18)36(7)14-13-35(5)6)32-25-29-17-30-26(34-25)37-16-27(3,4)22-20(37)11-10-12-28-22/h8,10-12,15,17H,1,9,13-14,16H2,2-7H3,(H,31,38)(H,29,30,32,34). The highest BCUT2D eigenvalue weighted by molar-refractivity contribution is 6.01.